The van der Waals surface area contributed by atoms with Gasteiger partial charge in [0.2, 0.25) is 0 Å². The van der Waals surface area contributed by atoms with Crippen molar-refractivity contribution < 1.29 is 108 Å². The monoisotopic (exact) mass is 532 g/mol. The number of primary amides is 1. The Labute approximate surface area is 245 Å². The van der Waals surface area contributed by atoms with Crippen LogP contribution in [0.5, 0.6) is 0 Å². The SMILES string of the molecule is CC(C)(O/N=C(\C(=O)N[C@H]1C(=O)N(OCC(=O)[O-])[C@@H]1COC(N)=O)c1csc(N)n1)C(=O)[O-].[Na+].[Na+]. The largest absolute Gasteiger partial charge is 1.00 e. The molecule has 1 fully saturated rings. The first-order valence-corrected chi connectivity index (χ1v) is 9.79. The molecular formula is C16H18N6Na2O10S. The summed E-state index contributed by atoms with van der Waals surface area (Å²) in [5.74, 6) is -5.19. The Morgan fingerprint density at radius 3 is 2.40 bits per heavy atom. The Kier molecular flexibility index (Phi) is 13.1. The number of nitrogen functional groups attached to an aromatic ring is 1. The summed E-state index contributed by atoms with van der Waals surface area (Å²) in [6, 6.07) is -2.52. The third-order valence-corrected chi connectivity index (χ3v) is 4.68. The van der Waals surface area contributed by atoms with Crippen molar-refractivity contribution in [1.29, 1.82) is 0 Å². The number of hydroxylamine groups is 2. The molecule has 19 heteroatoms. The summed E-state index contributed by atoms with van der Waals surface area (Å²) in [7, 11) is 0. The first-order valence-electron chi connectivity index (χ1n) is 8.91. The summed E-state index contributed by atoms with van der Waals surface area (Å²) in [5.41, 5.74) is 7.90. The van der Waals surface area contributed by atoms with Gasteiger partial charge < -0.3 is 46.2 Å². The normalized spacial score (nSPS) is 17.3. The molecule has 0 bridgehead atoms. The summed E-state index contributed by atoms with van der Waals surface area (Å²) in [6.07, 6.45) is -1.20. The molecule has 5 N–H and O–H groups in total. The number of carboxylic acids is 2. The van der Waals surface area contributed by atoms with Gasteiger partial charge in [-0.15, -0.1) is 11.3 Å². The predicted octanol–water partition coefficient (Wildman–Crippen LogP) is -10.5. The van der Waals surface area contributed by atoms with Gasteiger partial charge in [0.05, 0.1) is 11.9 Å². The van der Waals surface area contributed by atoms with Crippen LogP contribution in [0.15, 0.2) is 10.5 Å². The molecule has 2 heterocycles. The van der Waals surface area contributed by atoms with E-state index in [-0.39, 0.29) is 69.9 Å². The molecule has 2 atom stereocenters. The van der Waals surface area contributed by atoms with Crippen molar-refractivity contribution in [3.8, 4) is 0 Å². The number of hydrogen-bond acceptors (Lipinski definition) is 14. The maximum atomic E-state index is 12.8. The predicted molar refractivity (Wildman–Crippen MR) is 102 cm³/mol. The van der Waals surface area contributed by atoms with Crippen LogP contribution < -0.4 is 86.1 Å². The average molecular weight is 532 g/mol. The number of carboxylic acid groups (broad SMARTS) is 2. The number of aliphatic carboxylic acids is 2. The van der Waals surface area contributed by atoms with Gasteiger partial charge in [-0.2, -0.15) is 0 Å². The van der Waals surface area contributed by atoms with Gasteiger partial charge in [-0.25, -0.2) is 14.8 Å². The zero-order valence-electron chi connectivity index (χ0n) is 19.1. The smallest absolute Gasteiger partial charge is 0.548 e. The van der Waals surface area contributed by atoms with Crippen molar-refractivity contribution in [3.63, 3.8) is 0 Å². The Morgan fingerprint density at radius 1 is 1.29 bits per heavy atom. The number of β-lactam (4-membered cyclic amide) rings is 1. The van der Waals surface area contributed by atoms with Crippen LogP contribution in [0.1, 0.15) is 19.5 Å². The van der Waals surface area contributed by atoms with E-state index in [0.717, 1.165) is 25.2 Å². The second kappa shape index (κ2) is 13.9. The van der Waals surface area contributed by atoms with E-state index in [1.165, 1.54) is 5.38 Å². The molecule has 180 valence electrons. The second-order valence-electron chi connectivity index (χ2n) is 6.86. The van der Waals surface area contributed by atoms with Crippen molar-refractivity contribution in [2.75, 3.05) is 18.9 Å². The molecule has 3 amide bonds. The van der Waals surface area contributed by atoms with Crippen LogP contribution in [0.25, 0.3) is 0 Å². The molecular weight excluding hydrogens is 514 g/mol. The number of nitrogens with one attached hydrogen (secondary N) is 1. The molecule has 0 spiro atoms. The van der Waals surface area contributed by atoms with Crippen LogP contribution in [-0.2, 0) is 33.6 Å². The number of oxime groups is 1. The molecule has 1 aliphatic rings. The van der Waals surface area contributed by atoms with Gasteiger partial charge in [0.25, 0.3) is 11.8 Å². The minimum absolute atomic E-state index is 0. The zero-order chi connectivity index (χ0) is 24.9. The van der Waals surface area contributed by atoms with E-state index in [1.54, 1.807) is 0 Å². The second-order valence-corrected chi connectivity index (χ2v) is 7.75. The van der Waals surface area contributed by atoms with Gasteiger partial charge in [-0.1, -0.05) is 5.16 Å². The van der Waals surface area contributed by atoms with Crippen molar-refractivity contribution >= 4 is 52.0 Å². The van der Waals surface area contributed by atoms with Gasteiger partial charge in [-0.05, 0) is 13.8 Å². The van der Waals surface area contributed by atoms with Crippen molar-refractivity contribution in [2.45, 2.75) is 31.5 Å². The number of nitrogens with zero attached hydrogens (tertiary/aromatic N) is 3. The van der Waals surface area contributed by atoms with Gasteiger partial charge in [0, 0.05) is 5.38 Å². The molecule has 35 heavy (non-hydrogen) atoms. The van der Waals surface area contributed by atoms with E-state index in [4.69, 9.17) is 21.1 Å². The molecule has 16 nitrogen and oxygen atoms in total. The molecule has 0 aliphatic carbocycles. The minimum Gasteiger partial charge on any atom is -0.548 e. The fraction of sp³-hybridized carbons (Fsp3) is 0.438. The Hall–Kier alpha value is -1.99. The molecule has 1 saturated heterocycles. The van der Waals surface area contributed by atoms with E-state index in [2.05, 4.69) is 20.2 Å². The number of aromatic nitrogens is 1. The fourth-order valence-electron chi connectivity index (χ4n) is 2.30. The van der Waals surface area contributed by atoms with Crippen LogP contribution in [0.2, 0.25) is 0 Å². The van der Waals surface area contributed by atoms with Crippen LogP contribution in [-0.4, -0.2) is 76.5 Å². The van der Waals surface area contributed by atoms with Crippen LogP contribution in [0.3, 0.4) is 0 Å². The number of hydrogen-bond donors (Lipinski definition) is 3. The zero-order valence-corrected chi connectivity index (χ0v) is 23.9. The van der Waals surface area contributed by atoms with Crippen molar-refractivity contribution in [3.05, 3.63) is 11.1 Å². The summed E-state index contributed by atoms with van der Waals surface area (Å²) in [5, 5.41) is 29.5. The van der Waals surface area contributed by atoms with E-state index in [0.29, 0.717) is 5.06 Å². The van der Waals surface area contributed by atoms with E-state index >= 15 is 0 Å². The number of nitrogens with two attached hydrogens (primary N) is 2. The molecule has 0 aromatic carbocycles. The third-order valence-electron chi connectivity index (χ3n) is 4.01. The van der Waals surface area contributed by atoms with Crippen molar-refractivity contribution in [1.82, 2.24) is 15.4 Å². The molecule has 1 aromatic heterocycles. The quantitative estimate of drug-likeness (QED) is 0.104. The molecule has 2 rings (SSSR count). The topological polar surface area (TPSA) is 252 Å². The fourth-order valence-corrected chi connectivity index (χ4v) is 2.84. The number of anilines is 1. The number of amides is 3. The third kappa shape index (κ3) is 8.87. The standard InChI is InChI=1S/C16H20N6O10S.2Na/c1-16(2,13(27)28)32-21-9(6-5-33-14(17)19-6)11(25)20-10-7(3-30-15(18)29)22(12(10)26)31-4-8(23)24;;/h5,7,10H,3-4H2,1-2H3,(H2,17,19)(H2,18,29)(H,20,25)(H,23,24)(H,27,28);;/q;2*+1/p-2/b21-9-;;/t7-,10-;;/m1../s1. The van der Waals surface area contributed by atoms with E-state index in [1.807, 2.05) is 0 Å². The van der Waals surface area contributed by atoms with Crippen molar-refractivity contribution in [2.24, 2.45) is 10.9 Å². The number of carbonyl (C=O) groups is 5. The Morgan fingerprint density at radius 2 is 1.91 bits per heavy atom. The summed E-state index contributed by atoms with van der Waals surface area (Å²) in [6.45, 7) is 0.700. The number of carbonyl (C=O) groups excluding carboxylic acids is 5. The van der Waals surface area contributed by atoms with Gasteiger partial charge in [-0.3, -0.25) is 14.4 Å². The molecule has 0 saturated carbocycles. The van der Waals surface area contributed by atoms with Crippen LogP contribution in [0, 0.1) is 0 Å². The summed E-state index contributed by atoms with van der Waals surface area (Å²) < 4.78 is 4.61. The first kappa shape index (κ1) is 33.0. The molecule has 1 aromatic rings. The van der Waals surface area contributed by atoms with Gasteiger partial charge in [0.15, 0.2) is 16.4 Å². The van der Waals surface area contributed by atoms with E-state index in [9.17, 15) is 34.2 Å². The number of rotatable bonds is 11. The molecule has 1 aliphatic heterocycles. The number of ether oxygens (including phenoxy) is 1. The Balaban J connectivity index is 0.00000578. The Bertz CT molecular complexity index is 1000. The number of thiazole rings is 1. The van der Waals surface area contributed by atoms with Gasteiger partial charge >= 0.3 is 65.2 Å². The molecule has 0 unspecified atom stereocenters. The van der Waals surface area contributed by atoms with Gasteiger partial charge in [0.1, 0.15) is 31.0 Å². The van der Waals surface area contributed by atoms with Crippen LogP contribution in [0.4, 0.5) is 9.93 Å². The van der Waals surface area contributed by atoms with Crippen LogP contribution >= 0.6 is 11.3 Å². The first-order chi connectivity index (χ1) is 15.3. The molecule has 0 radical (unpaired) electrons. The maximum absolute atomic E-state index is 12.8. The minimum atomic E-state index is -1.92. The maximum Gasteiger partial charge on any atom is 1.00 e. The summed E-state index contributed by atoms with van der Waals surface area (Å²) >= 11 is 0.944. The summed E-state index contributed by atoms with van der Waals surface area (Å²) in [4.78, 5) is 71.4. The van der Waals surface area contributed by atoms with E-state index < -0.39 is 66.5 Å². The average Bonchev–Trinajstić information content (AvgIpc) is 3.13.